The Morgan fingerprint density at radius 3 is 0.866 bits per heavy atom. The Morgan fingerprint density at radius 1 is 0.299 bits per heavy atom. The lowest BCUT2D eigenvalue weighted by Crippen LogP contribution is -2.30. The first-order chi connectivity index (χ1) is 33.0. The van der Waals surface area contributed by atoms with E-state index in [2.05, 4.69) is 69.4 Å². The van der Waals surface area contributed by atoms with Crippen molar-refractivity contribution in [1.29, 1.82) is 0 Å². The van der Waals surface area contributed by atoms with E-state index in [1.54, 1.807) is 0 Å². The molecule has 0 aliphatic carbocycles. The molecular weight excluding hydrogens is 829 g/mol. The number of carbonyl (C=O) groups excluding carboxylic acids is 3. The second-order valence-electron chi connectivity index (χ2n) is 19.6. The van der Waals surface area contributed by atoms with Gasteiger partial charge in [0.2, 0.25) is 0 Å². The lowest BCUT2D eigenvalue weighted by atomic mass is 10.0. The quantitative estimate of drug-likeness (QED) is 0.0262. The van der Waals surface area contributed by atoms with Crippen molar-refractivity contribution in [2.45, 2.75) is 309 Å². The second kappa shape index (κ2) is 56.0. The SMILES string of the molecule is CCCCC/C=C\C/C=C\C/C=C\C/C=C\CCCCCC(=O)OC(COC(=O)CCCCCCCCCCCCCCCCC)COC(=O)CCCCCCCCCCCCCCCCC. The molecule has 0 atom stereocenters. The third kappa shape index (κ3) is 54.2. The second-order valence-corrected chi connectivity index (χ2v) is 19.6. The van der Waals surface area contributed by atoms with Crippen LogP contribution in [0.2, 0.25) is 0 Å². The van der Waals surface area contributed by atoms with Crippen LogP contribution >= 0.6 is 0 Å². The fourth-order valence-electron chi connectivity index (χ4n) is 8.43. The summed E-state index contributed by atoms with van der Waals surface area (Å²) in [5.41, 5.74) is 0. The van der Waals surface area contributed by atoms with Crippen molar-refractivity contribution < 1.29 is 28.6 Å². The number of unbranched alkanes of at least 4 members (excludes halogenated alkanes) is 34. The van der Waals surface area contributed by atoms with E-state index in [0.29, 0.717) is 19.3 Å². The first kappa shape index (κ1) is 64.4. The van der Waals surface area contributed by atoms with E-state index in [0.717, 1.165) is 83.5 Å². The first-order valence-electron chi connectivity index (χ1n) is 29.1. The zero-order chi connectivity index (χ0) is 48.6. The topological polar surface area (TPSA) is 78.9 Å². The summed E-state index contributed by atoms with van der Waals surface area (Å²) in [7, 11) is 0. The van der Waals surface area contributed by atoms with Crippen LogP contribution in [0.25, 0.3) is 0 Å². The van der Waals surface area contributed by atoms with Crippen LogP contribution in [-0.4, -0.2) is 37.2 Å². The molecule has 0 aromatic heterocycles. The van der Waals surface area contributed by atoms with Crippen LogP contribution in [-0.2, 0) is 28.6 Å². The average molecular weight is 940 g/mol. The smallest absolute Gasteiger partial charge is 0.306 e. The van der Waals surface area contributed by atoms with Gasteiger partial charge in [0, 0.05) is 19.3 Å². The minimum absolute atomic E-state index is 0.0817. The monoisotopic (exact) mass is 939 g/mol. The predicted molar refractivity (Wildman–Crippen MR) is 289 cm³/mol. The third-order valence-electron chi connectivity index (χ3n) is 12.8. The summed E-state index contributed by atoms with van der Waals surface area (Å²) < 4.78 is 16.9. The molecule has 0 aliphatic rings. The van der Waals surface area contributed by atoms with Crippen molar-refractivity contribution in [1.82, 2.24) is 0 Å². The van der Waals surface area contributed by atoms with Gasteiger partial charge in [-0.15, -0.1) is 0 Å². The molecule has 0 saturated heterocycles. The van der Waals surface area contributed by atoms with E-state index >= 15 is 0 Å². The molecule has 0 aromatic carbocycles. The van der Waals surface area contributed by atoms with E-state index in [-0.39, 0.29) is 31.1 Å². The van der Waals surface area contributed by atoms with Gasteiger partial charge in [0.05, 0.1) is 0 Å². The van der Waals surface area contributed by atoms with Gasteiger partial charge in [-0.1, -0.05) is 268 Å². The Labute approximate surface area is 416 Å². The van der Waals surface area contributed by atoms with Gasteiger partial charge in [-0.2, -0.15) is 0 Å². The molecule has 6 heteroatoms. The maximum atomic E-state index is 12.8. The molecular formula is C61H110O6. The zero-order valence-electron chi connectivity index (χ0n) is 44.7. The summed E-state index contributed by atoms with van der Waals surface area (Å²) in [5.74, 6) is -0.895. The lowest BCUT2D eigenvalue weighted by molar-refractivity contribution is -0.167. The number of hydrogen-bond donors (Lipinski definition) is 0. The summed E-state index contributed by atoms with van der Waals surface area (Å²) in [6.45, 7) is 6.63. The molecule has 0 rings (SSSR count). The van der Waals surface area contributed by atoms with Crippen LogP contribution in [0.4, 0.5) is 0 Å². The highest BCUT2D eigenvalue weighted by molar-refractivity contribution is 5.71. The molecule has 0 fully saturated rings. The predicted octanol–water partition coefficient (Wildman–Crippen LogP) is 19.4. The molecule has 0 amide bonds. The number of carbonyl (C=O) groups is 3. The Kier molecular flexibility index (Phi) is 53.8. The van der Waals surface area contributed by atoms with E-state index in [1.807, 2.05) is 0 Å². The van der Waals surface area contributed by atoms with Gasteiger partial charge in [0.1, 0.15) is 13.2 Å². The number of allylic oxidation sites excluding steroid dienone is 8. The molecule has 0 aliphatic heterocycles. The minimum atomic E-state index is -0.786. The summed E-state index contributed by atoms with van der Waals surface area (Å²) >= 11 is 0. The molecule has 0 saturated carbocycles. The highest BCUT2D eigenvalue weighted by Gasteiger charge is 2.19. The largest absolute Gasteiger partial charge is 0.462 e. The third-order valence-corrected chi connectivity index (χ3v) is 12.8. The normalized spacial score (nSPS) is 11.9. The Balaban J connectivity index is 4.41. The molecule has 0 N–H and O–H groups in total. The summed E-state index contributed by atoms with van der Waals surface area (Å²) in [6.07, 6.45) is 68.1. The van der Waals surface area contributed by atoms with Crippen molar-refractivity contribution in [2.24, 2.45) is 0 Å². The molecule has 6 nitrogen and oxygen atoms in total. The Bertz CT molecular complexity index is 1120. The van der Waals surface area contributed by atoms with Crippen LogP contribution < -0.4 is 0 Å². The fraction of sp³-hybridized carbons (Fsp3) is 0.820. The van der Waals surface area contributed by atoms with E-state index < -0.39 is 6.10 Å². The summed E-state index contributed by atoms with van der Waals surface area (Å²) in [6, 6.07) is 0. The minimum Gasteiger partial charge on any atom is -0.462 e. The van der Waals surface area contributed by atoms with Crippen LogP contribution in [0.15, 0.2) is 48.6 Å². The van der Waals surface area contributed by atoms with Gasteiger partial charge < -0.3 is 14.2 Å². The lowest BCUT2D eigenvalue weighted by Gasteiger charge is -2.18. The molecule has 0 heterocycles. The van der Waals surface area contributed by atoms with Crippen LogP contribution in [0, 0.1) is 0 Å². The van der Waals surface area contributed by atoms with Gasteiger partial charge in [-0.3, -0.25) is 14.4 Å². The summed E-state index contributed by atoms with van der Waals surface area (Å²) in [5, 5.41) is 0. The van der Waals surface area contributed by atoms with Crippen LogP contribution in [0.1, 0.15) is 303 Å². The van der Waals surface area contributed by atoms with Gasteiger partial charge in [-0.25, -0.2) is 0 Å². The van der Waals surface area contributed by atoms with E-state index in [4.69, 9.17) is 14.2 Å². The number of esters is 3. The number of hydrogen-bond acceptors (Lipinski definition) is 6. The van der Waals surface area contributed by atoms with Crippen LogP contribution in [0.5, 0.6) is 0 Å². The van der Waals surface area contributed by atoms with Crippen molar-refractivity contribution in [2.75, 3.05) is 13.2 Å². The highest BCUT2D eigenvalue weighted by atomic mass is 16.6. The number of ether oxygens (including phenoxy) is 3. The molecule has 390 valence electrons. The Hall–Kier alpha value is -2.63. The van der Waals surface area contributed by atoms with Crippen molar-refractivity contribution in [3.63, 3.8) is 0 Å². The van der Waals surface area contributed by atoms with Gasteiger partial charge in [0.25, 0.3) is 0 Å². The maximum absolute atomic E-state index is 12.8. The standard InChI is InChI=1S/C61H110O6/c1-4-7-10-13-16-19-22-25-28-29-30-31-34-37-40-43-46-49-52-55-61(64)67-58(56-65-59(62)53-50-47-44-41-38-35-32-26-23-20-17-14-11-8-5-2)57-66-60(63)54-51-48-45-42-39-36-33-27-24-21-18-15-12-9-6-3/h16,19,25,28,30-31,37,40,58H,4-15,17-18,20-24,26-27,29,32-36,38-39,41-57H2,1-3H3/b19-16-,28-25-,31-30-,40-37-. The molecule has 0 aromatic rings. The summed E-state index contributed by atoms with van der Waals surface area (Å²) in [4.78, 5) is 38.1. The van der Waals surface area contributed by atoms with Crippen molar-refractivity contribution in [3.8, 4) is 0 Å². The van der Waals surface area contributed by atoms with Gasteiger partial charge in [-0.05, 0) is 64.2 Å². The van der Waals surface area contributed by atoms with Gasteiger partial charge in [0.15, 0.2) is 6.10 Å². The van der Waals surface area contributed by atoms with Crippen molar-refractivity contribution in [3.05, 3.63) is 48.6 Å². The maximum Gasteiger partial charge on any atom is 0.306 e. The highest BCUT2D eigenvalue weighted by Crippen LogP contribution is 2.16. The van der Waals surface area contributed by atoms with E-state index in [9.17, 15) is 14.4 Å². The molecule has 67 heavy (non-hydrogen) atoms. The molecule has 0 radical (unpaired) electrons. The number of rotatable bonds is 53. The molecule has 0 spiro atoms. The van der Waals surface area contributed by atoms with E-state index in [1.165, 1.54) is 180 Å². The fourth-order valence-corrected chi connectivity index (χ4v) is 8.43. The van der Waals surface area contributed by atoms with Crippen molar-refractivity contribution >= 4 is 17.9 Å². The molecule has 0 bridgehead atoms. The first-order valence-corrected chi connectivity index (χ1v) is 29.1. The molecule has 0 unspecified atom stereocenters. The Morgan fingerprint density at radius 2 is 0.537 bits per heavy atom. The van der Waals surface area contributed by atoms with Crippen LogP contribution in [0.3, 0.4) is 0 Å². The average Bonchev–Trinajstić information content (AvgIpc) is 3.33. The zero-order valence-corrected chi connectivity index (χ0v) is 44.7. The van der Waals surface area contributed by atoms with Gasteiger partial charge >= 0.3 is 17.9 Å².